The molecule has 2 N–H and O–H groups in total. The van der Waals surface area contributed by atoms with Gasteiger partial charge in [0.25, 0.3) is 11.4 Å². The van der Waals surface area contributed by atoms with Crippen molar-refractivity contribution in [3.05, 3.63) is 68.8 Å². The van der Waals surface area contributed by atoms with Gasteiger partial charge >= 0.3 is 0 Å². The van der Waals surface area contributed by atoms with E-state index in [1.165, 1.54) is 0 Å². The van der Waals surface area contributed by atoms with E-state index in [1.54, 1.807) is 0 Å². The van der Waals surface area contributed by atoms with Crippen LogP contribution in [0.2, 0.25) is 18.1 Å². The quantitative estimate of drug-likeness (QED) is 0.218. The van der Waals surface area contributed by atoms with Gasteiger partial charge in [-0.1, -0.05) is 20.8 Å². The van der Waals surface area contributed by atoms with Gasteiger partial charge in [0.2, 0.25) is 20.0 Å². The van der Waals surface area contributed by atoms with Crippen LogP contribution in [0.3, 0.4) is 0 Å². The van der Waals surface area contributed by atoms with E-state index in [2.05, 4.69) is 9.44 Å². The fourth-order valence-corrected chi connectivity index (χ4v) is 6.30. The zero-order valence-electron chi connectivity index (χ0n) is 21.0. The largest absolute Gasteiger partial charge is 0.411 e. The van der Waals surface area contributed by atoms with Crippen molar-refractivity contribution in [1.29, 1.82) is 0 Å². The molecule has 0 bridgehead atoms. The van der Waals surface area contributed by atoms with Crippen molar-refractivity contribution < 1.29 is 31.1 Å². The minimum absolute atomic E-state index is 0.198. The van der Waals surface area contributed by atoms with E-state index in [-0.39, 0.29) is 39.3 Å². The standard InChI is InChI=1S/C21H30N4O9S2Si/c1-21(2,3)37(4,5)34-18(14-22-35(30,31)19-10-6-16(7-11-19)24(26)27)15-23-36(32,33)20-12-8-17(9-13-20)25(28)29/h6-13,18,22-23H,14-15H2,1-5H3. The van der Waals surface area contributed by atoms with Gasteiger partial charge in [0.05, 0.1) is 25.7 Å². The summed E-state index contributed by atoms with van der Waals surface area (Å²) in [5.74, 6) is 0. The van der Waals surface area contributed by atoms with Crippen molar-refractivity contribution >= 4 is 39.7 Å². The zero-order valence-corrected chi connectivity index (χ0v) is 23.6. The Morgan fingerprint density at radius 2 is 1.11 bits per heavy atom. The number of non-ortho nitro benzene ring substituents is 2. The molecule has 0 amide bonds. The van der Waals surface area contributed by atoms with E-state index in [0.29, 0.717) is 0 Å². The lowest BCUT2D eigenvalue weighted by molar-refractivity contribution is -0.385. The first kappa shape index (κ1) is 30.5. The van der Waals surface area contributed by atoms with Crippen LogP contribution in [0.15, 0.2) is 58.3 Å². The number of nitro benzene ring substituents is 2. The Kier molecular flexibility index (Phi) is 9.32. The van der Waals surface area contributed by atoms with Crippen LogP contribution in [0.25, 0.3) is 0 Å². The molecule has 204 valence electrons. The lowest BCUT2D eigenvalue weighted by Gasteiger charge is -2.39. The molecule has 0 aliphatic carbocycles. The number of nitro groups is 2. The number of hydrogen-bond donors (Lipinski definition) is 2. The van der Waals surface area contributed by atoms with Crippen molar-refractivity contribution in [3.8, 4) is 0 Å². The van der Waals surface area contributed by atoms with Gasteiger partial charge < -0.3 is 4.43 Å². The van der Waals surface area contributed by atoms with E-state index in [4.69, 9.17) is 4.43 Å². The van der Waals surface area contributed by atoms with Gasteiger partial charge in [-0.25, -0.2) is 26.3 Å². The molecule has 0 radical (unpaired) electrons. The second-order valence-corrected chi connectivity index (χ2v) is 18.0. The van der Waals surface area contributed by atoms with E-state index in [0.717, 1.165) is 48.5 Å². The molecule has 2 rings (SSSR count). The maximum atomic E-state index is 12.8. The Morgan fingerprint density at radius 1 is 0.784 bits per heavy atom. The van der Waals surface area contributed by atoms with E-state index in [9.17, 15) is 37.1 Å². The van der Waals surface area contributed by atoms with Crippen molar-refractivity contribution in [2.24, 2.45) is 0 Å². The highest BCUT2D eigenvalue weighted by Gasteiger charge is 2.39. The van der Waals surface area contributed by atoms with Crippen molar-refractivity contribution in [2.45, 2.75) is 54.8 Å². The van der Waals surface area contributed by atoms with E-state index in [1.807, 2.05) is 33.9 Å². The maximum Gasteiger partial charge on any atom is 0.269 e. The maximum absolute atomic E-state index is 12.8. The molecule has 0 saturated heterocycles. The van der Waals surface area contributed by atoms with Crippen LogP contribution in [0.4, 0.5) is 11.4 Å². The lowest BCUT2D eigenvalue weighted by atomic mass is 10.2. The summed E-state index contributed by atoms with van der Waals surface area (Å²) in [5, 5.41) is 21.4. The Hall–Kier alpha value is -2.76. The molecular weight excluding hydrogens is 544 g/mol. The molecule has 13 nitrogen and oxygen atoms in total. The Morgan fingerprint density at radius 3 is 1.38 bits per heavy atom. The average molecular weight is 575 g/mol. The van der Waals surface area contributed by atoms with E-state index >= 15 is 0 Å². The predicted molar refractivity (Wildman–Crippen MR) is 139 cm³/mol. The highest BCUT2D eigenvalue weighted by Crippen LogP contribution is 2.37. The smallest absolute Gasteiger partial charge is 0.269 e. The summed E-state index contributed by atoms with van der Waals surface area (Å²) in [5.41, 5.74) is -0.530. The summed E-state index contributed by atoms with van der Waals surface area (Å²) in [6, 6.07) is 8.66. The first-order valence-corrected chi connectivity index (χ1v) is 16.9. The summed E-state index contributed by atoms with van der Waals surface area (Å²) in [6.07, 6.45) is -0.901. The van der Waals surface area contributed by atoms with Crippen LogP contribution >= 0.6 is 0 Å². The zero-order chi connectivity index (χ0) is 28.2. The molecule has 0 spiro atoms. The molecule has 0 atom stereocenters. The SMILES string of the molecule is CC(C)(C)[Si](C)(C)OC(CNS(=O)(=O)c1ccc([N+](=O)[O-])cc1)CNS(=O)(=O)c1ccc([N+](=O)[O-])cc1. The molecule has 0 heterocycles. The minimum atomic E-state index is -4.09. The number of benzene rings is 2. The molecule has 0 aromatic heterocycles. The molecule has 16 heteroatoms. The third-order valence-corrected chi connectivity index (χ3v) is 13.4. The van der Waals surface area contributed by atoms with Crippen molar-refractivity contribution in [2.75, 3.05) is 13.1 Å². The van der Waals surface area contributed by atoms with Crippen molar-refractivity contribution in [1.82, 2.24) is 9.44 Å². The van der Waals surface area contributed by atoms with Gasteiger partial charge in [0.15, 0.2) is 8.32 Å². The third-order valence-electron chi connectivity index (χ3n) is 5.99. The van der Waals surface area contributed by atoms with E-state index < -0.39 is 44.3 Å². The predicted octanol–water partition coefficient (Wildman–Crippen LogP) is 3.15. The van der Waals surface area contributed by atoms with Crippen LogP contribution in [-0.4, -0.2) is 54.2 Å². The number of nitrogens with zero attached hydrogens (tertiary/aromatic N) is 2. The number of rotatable bonds is 12. The monoisotopic (exact) mass is 574 g/mol. The number of nitrogens with one attached hydrogen (secondary N) is 2. The van der Waals surface area contributed by atoms with Crippen LogP contribution in [0, 0.1) is 20.2 Å². The summed E-state index contributed by atoms with van der Waals surface area (Å²) in [6.45, 7) is 9.20. The molecule has 0 aliphatic rings. The fraction of sp³-hybridized carbons (Fsp3) is 0.429. The molecule has 0 fully saturated rings. The van der Waals surface area contributed by atoms with Crippen LogP contribution < -0.4 is 9.44 Å². The highest BCUT2D eigenvalue weighted by atomic mass is 32.2. The van der Waals surface area contributed by atoms with Crippen LogP contribution in [-0.2, 0) is 24.5 Å². The minimum Gasteiger partial charge on any atom is -0.411 e. The van der Waals surface area contributed by atoms with Gasteiger partial charge in [-0.3, -0.25) is 20.2 Å². The molecule has 0 saturated carbocycles. The Labute approximate surface area is 216 Å². The molecule has 0 aliphatic heterocycles. The van der Waals surface area contributed by atoms with Gasteiger partial charge in [-0.15, -0.1) is 0 Å². The first-order chi connectivity index (χ1) is 16.9. The van der Waals surface area contributed by atoms with Crippen molar-refractivity contribution in [3.63, 3.8) is 0 Å². The Balaban J connectivity index is 2.23. The fourth-order valence-electron chi connectivity index (χ4n) is 2.81. The summed E-state index contributed by atoms with van der Waals surface area (Å²) in [4.78, 5) is 20.0. The van der Waals surface area contributed by atoms with Gasteiger partial charge in [0.1, 0.15) is 0 Å². The summed E-state index contributed by atoms with van der Waals surface area (Å²) in [7, 11) is -10.7. The molecule has 2 aromatic rings. The molecule has 2 aromatic carbocycles. The van der Waals surface area contributed by atoms with Gasteiger partial charge in [0, 0.05) is 37.4 Å². The lowest BCUT2D eigenvalue weighted by Crippen LogP contribution is -2.50. The first-order valence-electron chi connectivity index (χ1n) is 11.0. The Bertz CT molecular complexity index is 1250. The second-order valence-electron chi connectivity index (χ2n) is 9.71. The number of sulfonamides is 2. The highest BCUT2D eigenvalue weighted by molar-refractivity contribution is 7.89. The summed E-state index contributed by atoms with van der Waals surface area (Å²) >= 11 is 0. The molecular formula is C21H30N4O9S2Si. The topological polar surface area (TPSA) is 188 Å². The van der Waals surface area contributed by atoms with Gasteiger partial charge in [-0.05, 0) is 42.4 Å². The molecule has 37 heavy (non-hydrogen) atoms. The molecule has 0 unspecified atom stereocenters. The van der Waals surface area contributed by atoms with Crippen LogP contribution in [0.1, 0.15) is 20.8 Å². The second kappa shape index (κ2) is 11.3. The van der Waals surface area contributed by atoms with Crippen LogP contribution in [0.5, 0.6) is 0 Å². The summed E-state index contributed by atoms with van der Waals surface area (Å²) < 4.78 is 62.1. The third kappa shape index (κ3) is 8.11. The average Bonchev–Trinajstić information content (AvgIpc) is 2.80. The van der Waals surface area contributed by atoms with Gasteiger partial charge in [-0.2, -0.15) is 0 Å². The normalized spacial score (nSPS) is 13.0. The number of hydrogen-bond acceptors (Lipinski definition) is 9.